The van der Waals surface area contributed by atoms with E-state index in [9.17, 15) is 4.79 Å². The first-order valence-electron chi connectivity index (χ1n) is 6.71. The zero-order valence-corrected chi connectivity index (χ0v) is 13.2. The van der Waals surface area contributed by atoms with Crippen molar-refractivity contribution in [2.75, 3.05) is 18.5 Å². The molecule has 0 rings (SSSR count). The maximum Gasteiger partial charge on any atom is 0 e. The molecule has 0 saturated heterocycles. The van der Waals surface area contributed by atoms with Crippen LogP contribution in [0.2, 0.25) is 0 Å². The topological polar surface area (TPSA) is 17.1 Å². The van der Waals surface area contributed by atoms with Crippen LogP contribution in [-0.2, 0) is 21.6 Å². The fourth-order valence-electron chi connectivity index (χ4n) is 2.14. The second-order valence-corrected chi connectivity index (χ2v) is 9.25. The quantitative estimate of drug-likeness (QED) is 0.432. The van der Waals surface area contributed by atoms with E-state index in [4.69, 9.17) is 0 Å². The van der Waals surface area contributed by atoms with E-state index in [2.05, 4.69) is 20.8 Å². The molecule has 1 nitrogen and oxygen atoms in total. The second kappa shape index (κ2) is 12.1. The van der Waals surface area contributed by atoms with Gasteiger partial charge in [-0.15, -0.1) is 0 Å². The fraction of sp³-hybridized carbons (Fsp3) is 0.923. The molecule has 0 bridgehead atoms. The first-order valence-corrected chi connectivity index (χ1v) is 9.41. The van der Waals surface area contributed by atoms with E-state index in [-0.39, 0.29) is 16.8 Å². The third kappa shape index (κ3) is 7.81. The average molecular weight is 291 g/mol. The van der Waals surface area contributed by atoms with Gasteiger partial charge in [0, 0.05) is 16.8 Å². The molecule has 0 amide bonds. The second-order valence-electron chi connectivity index (χ2n) is 4.79. The van der Waals surface area contributed by atoms with Gasteiger partial charge in [-0.05, 0) is 0 Å². The SMILES string of the molecule is CCCC[PH](C=O)(CCCC)CCCC.[Co]. The Morgan fingerprint density at radius 3 is 1.31 bits per heavy atom. The Morgan fingerprint density at radius 1 is 0.812 bits per heavy atom. The predicted molar refractivity (Wildman–Crippen MR) is 74.4 cm³/mol. The Bertz CT molecular complexity index is 140. The van der Waals surface area contributed by atoms with Crippen LogP contribution in [-0.4, -0.2) is 24.5 Å². The van der Waals surface area contributed by atoms with Crippen LogP contribution in [0.4, 0.5) is 0 Å². The molecule has 0 aliphatic carbocycles. The van der Waals surface area contributed by atoms with Crippen molar-refractivity contribution < 1.29 is 21.6 Å². The molecule has 0 spiro atoms. The van der Waals surface area contributed by atoms with Crippen molar-refractivity contribution >= 4 is 13.3 Å². The predicted octanol–water partition coefficient (Wildman–Crippen LogP) is 4.32. The van der Waals surface area contributed by atoms with E-state index in [1.807, 2.05) is 0 Å². The van der Waals surface area contributed by atoms with Crippen molar-refractivity contribution in [3.8, 4) is 0 Å². The zero-order valence-electron chi connectivity index (χ0n) is 11.2. The summed E-state index contributed by atoms with van der Waals surface area (Å²) in [6.07, 6.45) is 11.2. The van der Waals surface area contributed by atoms with Gasteiger partial charge >= 0.3 is 95.9 Å². The van der Waals surface area contributed by atoms with Gasteiger partial charge in [0.05, 0.1) is 0 Å². The van der Waals surface area contributed by atoms with Crippen molar-refractivity contribution in [1.82, 2.24) is 0 Å². The number of hydrogen-bond acceptors (Lipinski definition) is 1. The molecule has 3 heteroatoms. The van der Waals surface area contributed by atoms with Crippen LogP contribution >= 0.6 is 7.26 Å². The molecule has 0 aromatic rings. The van der Waals surface area contributed by atoms with Crippen molar-refractivity contribution in [3.05, 3.63) is 0 Å². The van der Waals surface area contributed by atoms with Crippen molar-refractivity contribution in [3.63, 3.8) is 0 Å². The summed E-state index contributed by atoms with van der Waals surface area (Å²) < 4.78 is 0. The van der Waals surface area contributed by atoms with Crippen LogP contribution in [0.15, 0.2) is 0 Å². The minimum atomic E-state index is -1.51. The summed E-state index contributed by atoms with van der Waals surface area (Å²) in [7, 11) is -1.51. The molecular formula is C13H29CoOP. The number of carbonyl (C=O) groups is 1. The largest absolute Gasteiger partial charge is 0 e. The Balaban J connectivity index is 0. The first-order chi connectivity index (χ1) is 7.24. The maximum absolute atomic E-state index is 11.4. The number of rotatable bonds is 10. The van der Waals surface area contributed by atoms with Gasteiger partial charge in [0.2, 0.25) is 0 Å². The molecule has 0 aromatic heterocycles. The smallest absolute Gasteiger partial charge is 0 e. The standard InChI is InChI=1S/C13H29OP.Co/c1-4-7-10-15(13-14,11-8-5-2)12-9-6-3;/h13,15H,4-12H2,1-3H3;. The van der Waals surface area contributed by atoms with Gasteiger partial charge in [-0.1, -0.05) is 0 Å². The minimum Gasteiger partial charge on any atom is 0 e. The summed E-state index contributed by atoms with van der Waals surface area (Å²) >= 11 is 0. The number of unbranched alkanes of at least 4 members (excludes halogenated alkanes) is 3. The van der Waals surface area contributed by atoms with Crippen LogP contribution in [0.1, 0.15) is 59.3 Å². The van der Waals surface area contributed by atoms with Crippen molar-refractivity contribution in [2.45, 2.75) is 59.3 Å². The molecule has 0 aliphatic rings. The zero-order chi connectivity index (χ0) is 11.6. The molecule has 0 unspecified atom stereocenters. The van der Waals surface area contributed by atoms with E-state index in [0.29, 0.717) is 0 Å². The first kappa shape index (κ1) is 19.0. The number of carbonyl (C=O) groups excluding carboxylic acids is 1. The fourth-order valence-corrected chi connectivity index (χ4v) is 6.41. The van der Waals surface area contributed by atoms with Crippen LogP contribution in [0.25, 0.3) is 0 Å². The Labute approximate surface area is 113 Å². The van der Waals surface area contributed by atoms with E-state index in [1.165, 1.54) is 63.0 Å². The van der Waals surface area contributed by atoms with E-state index < -0.39 is 7.26 Å². The van der Waals surface area contributed by atoms with Gasteiger partial charge in [-0.3, -0.25) is 0 Å². The van der Waals surface area contributed by atoms with Crippen LogP contribution in [0.5, 0.6) is 0 Å². The third-order valence-electron chi connectivity index (χ3n) is 3.33. The van der Waals surface area contributed by atoms with Gasteiger partial charge in [-0.25, -0.2) is 0 Å². The maximum atomic E-state index is 11.4. The van der Waals surface area contributed by atoms with Gasteiger partial charge in [0.15, 0.2) is 0 Å². The molecule has 101 valence electrons. The Kier molecular flexibility index (Phi) is 14.3. The van der Waals surface area contributed by atoms with Crippen LogP contribution in [0.3, 0.4) is 0 Å². The van der Waals surface area contributed by atoms with Gasteiger partial charge in [0.1, 0.15) is 0 Å². The van der Waals surface area contributed by atoms with Crippen LogP contribution < -0.4 is 0 Å². The molecular weight excluding hydrogens is 262 g/mol. The molecule has 16 heavy (non-hydrogen) atoms. The van der Waals surface area contributed by atoms with E-state index in [1.54, 1.807) is 0 Å². The normalized spacial score (nSPS) is 11.9. The van der Waals surface area contributed by atoms with E-state index >= 15 is 0 Å². The third-order valence-corrected chi connectivity index (χ3v) is 7.88. The van der Waals surface area contributed by atoms with Crippen molar-refractivity contribution in [1.29, 1.82) is 0 Å². The Morgan fingerprint density at radius 2 is 1.12 bits per heavy atom. The monoisotopic (exact) mass is 291 g/mol. The molecule has 0 saturated carbocycles. The van der Waals surface area contributed by atoms with Crippen molar-refractivity contribution in [2.24, 2.45) is 0 Å². The summed E-state index contributed by atoms with van der Waals surface area (Å²) in [5.74, 6) is 0. The summed E-state index contributed by atoms with van der Waals surface area (Å²) in [6, 6.07) is 1.40. The summed E-state index contributed by atoms with van der Waals surface area (Å²) in [5, 5.41) is 0. The van der Waals surface area contributed by atoms with Crippen LogP contribution in [0, 0.1) is 0 Å². The van der Waals surface area contributed by atoms with Gasteiger partial charge in [0.25, 0.3) is 0 Å². The summed E-state index contributed by atoms with van der Waals surface area (Å²) in [4.78, 5) is 11.4. The summed E-state index contributed by atoms with van der Waals surface area (Å²) in [5.41, 5.74) is 0. The molecule has 0 aromatic carbocycles. The number of hydrogen-bond donors (Lipinski definition) is 0. The molecule has 0 aliphatic heterocycles. The summed E-state index contributed by atoms with van der Waals surface area (Å²) in [6.45, 7) is 6.68. The molecule has 0 atom stereocenters. The average Bonchev–Trinajstić information content (AvgIpc) is 2.29. The van der Waals surface area contributed by atoms with E-state index in [0.717, 1.165) is 0 Å². The van der Waals surface area contributed by atoms with Gasteiger partial charge in [-0.2, -0.15) is 0 Å². The molecule has 0 heterocycles. The van der Waals surface area contributed by atoms with Gasteiger partial charge < -0.3 is 0 Å². The Hall–Kier alpha value is 0.606. The molecule has 0 N–H and O–H groups in total. The minimum absolute atomic E-state index is 0. The molecule has 0 fully saturated rings. The molecule has 1 radical (unpaired) electrons.